The Morgan fingerprint density at radius 3 is 2.53 bits per heavy atom. The minimum atomic E-state index is -0.242. The monoisotopic (exact) mass is 406 g/mol. The standard InChI is InChI=1S/C22H26N6O2/c1-14-10-15(2)28(26-14)21-19(6-5-9-23-21)25-22(29)18-7-8-20(24-11-18)27-12-16(3)30-17(4)13-27/h5-11,16-17H,12-13H2,1-4H3,(H,25,29). The number of hydrogen-bond acceptors (Lipinski definition) is 6. The van der Waals surface area contributed by atoms with Crippen LogP contribution in [0.25, 0.3) is 5.82 Å². The number of nitrogens with one attached hydrogen (secondary N) is 1. The third-order valence-electron chi connectivity index (χ3n) is 5.00. The normalized spacial score (nSPS) is 19.0. The van der Waals surface area contributed by atoms with Crippen molar-refractivity contribution < 1.29 is 9.53 Å². The van der Waals surface area contributed by atoms with E-state index in [-0.39, 0.29) is 18.1 Å². The van der Waals surface area contributed by atoms with Crippen LogP contribution in [0.1, 0.15) is 35.6 Å². The molecule has 0 radical (unpaired) electrons. The summed E-state index contributed by atoms with van der Waals surface area (Å²) in [6.07, 6.45) is 3.59. The maximum atomic E-state index is 12.8. The molecule has 1 amide bonds. The number of carbonyl (C=O) groups excluding carboxylic acids is 1. The molecule has 4 heterocycles. The molecule has 1 fully saturated rings. The highest BCUT2D eigenvalue weighted by Crippen LogP contribution is 2.21. The second-order valence-electron chi connectivity index (χ2n) is 7.73. The molecule has 0 aromatic carbocycles. The van der Waals surface area contributed by atoms with E-state index in [1.165, 1.54) is 0 Å². The minimum Gasteiger partial charge on any atom is -0.372 e. The number of anilines is 2. The molecule has 8 heteroatoms. The van der Waals surface area contributed by atoms with E-state index in [9.17, 15) is 4.79 Å². The third kappa shape index (κ3) is 4.18. The van der Waals surface area contributed by atoms with Gasteiger partial charge in [0, 0.05) is 31.2 Å². The average Bonchev–Trinajstić information content (AvgIpc) is 3.05. The lowest BCUT2D eigenvalue weighted by Crippen LogP contribution is -2.45. The summed E-state index contributed by atoms with van der Waals surface area (Å²) in [4.78, 5) is 23.9. The molecule has 2 atom stereocenters. The van der Waals surface area contributed by atoms with Crippen molar-refractivity contribution in [2.45, 2.75) is 39.9 Å². The zero-order valence-corrected chi connectivity index (χ0v) is 17.7. The first-order valence-corrected chi connectivity index (χ1v) is 10.1. The van der Waals surface area contributed by atoms with Gasteiger partial charge in [-0.15, -0.1) is 0 Å². The van der Waals surface area contributed by atoms with Gasteiger partial charge in [-0.3, -0.25) is 4.79 Å². The van der Waals surface area contributed by atoms with Gasteiger partial charge in [0.05, 0.1) is 29.2 Å². The largest absolute Gasteiger partial charge is 0.372 e. The molecule has 1 N–H and O–H groups in total. The number of rotatable bonds is 4. The molecule has 0 aliphatic carbocycles. The Labute approximate surface area is 175 Å². The number of carbonyl (C=O) groups is 1. The van der Waals surface area contributed by atoms with Gasteiger partial charge in [-0.25, -0.2) is 14.6 Å². The summed E-state index contributed by atoms with van der Waals surface area (Å²) in [5, 5.41) is 7.41. The molecule has 8 nitrogen and oxygen atoms in total. The Kier molecular flexibility index (Phi) is 5.50. The Bertz CT molecular complexity index is 1040. The van der Waals surface area contributed by atoms with E-state index in [2.05, 4.69) is 39.1 Å². The first kappa shape index (κ1) is 20.0. The van der Waals surface area contributed by atoms with Crippen LogP contribution >= 0.6 is 0 Å². The van der Waals surface area contributed by atoms with Crippen LogP contribution in [0.3, 0.4) is 0 Å². The fourth-order valence-electron chi connectivity index (χ4n) is 3.77. The average molecular weight is 406 g/mol. The highest BCUT2D eigenvalue weighted by atomic mass is 16.5. The number of aryl methyl sites for hydroxylation is 2. The first-order valence-electron chi connectivity index (χ1n) is 10.1. The predicted molar refractivity (Wildman–Crippen MR) is 115 cm³/mol. The number of morpholine rings is 1. The first-order chi connectivity index (χ1) is 14.4. The summed E-state index contributed by atoms with van der Waals surface area (Å²) in [7, 11) is 0. The lowest BCUT2D eigenvalue weighted by molar-refractivity contribution is -0.00546. The van der Waals surface area contributed by atoms with Gasteiger partial charge >= 0.3 is 0 Å². The SMILES string of the molecule is Cc1cc(C)n(-c2ncccc2NC(=O)c2ccc(N3CC(C)OC(C)C3)nc2)n1. The zero-order chi connectivity index (χ0) is 21.3. The number of aromatic nitrogens is 4. The van der Waals surface area contributed by atoms with Crippen molar-refractivity contribution >= 4 is 17.4 Å². The molecule has 1 saturated heterocycles. The smallest absolute Gasteiger partial charge is 0.257 e. The Balaban J connectivity index is 1.52. The molecule has 1 aliphatic heterocycles. The molecule has 2 unspecified atom stereocenters. The number of nitrogens with zero attached hydrogens (tertiary/aromatic N) is 5. The minimum absolute atomic E-state index is 0.150. The van der Waals surface area contributed by atoms with Crippen molar-refractivity contribution in [2.75, 3.05) is 23.3 Å². The maximum absolute atomic E-state index is 12.8. The highest BCUT2D eigenvalue weighted by Gasteiger charge is 2.23. The van der Waals surface area contributed by atoms with Crippen LogP contribution in [-0.2, 0) is 4.74 Å². The van der Waals surface area contributed by atoms with Crippen LogP contribution in [0, 0.1) is 13.8 Å². The summed E-state index contributed by atoms with van der Waals surface area (Å²) >= 11 is 0. The van der Waals surface area contributed by atoms with E-state index < -0.39 is 0 Å². The molecular weight excluding hydrogens is 380 g/mol. The molecule has 30 heavy (non-hydrogen) atoms. The molecular formula is C22H26N6O2. The summed E-state index contributed by atoms with van der Waals surface area (Å²) in [5.74, 6) is 1.18. The van der Waals surface area contributed by atoms with Gasteiger partial charge in [-0.2, -0.15) is 5.10 Å². The zero-order valence-electron chi connectivity index (χ0n) is 17.7. The van der Waals surface area contributed by atoms with E-state index in [0.717, 1.165) is 30.3 Å². The summed E-state index contributed by atoms with van der Waals surface area (Å²) in [5.41, 5.74) is 2.91. The van der Waals surface area contributed by atoms with Gasteiger partial charge in [0.2, 0.25) is 0 Å². The highest BCUT2D eigenvalue weighted by molar-refractivity contribution is 6.05. The van der Waals surface area contributed by atoms with Crippen molar-refractivity contribution in [3.63, 3.8) is 0 Å². The molecule has 3 aromatic rings. The molecule has 156 valence electrons. The molecule has 3 aromatic heterocycles. The van der Waals surface area contributed by atoms with Gasteiger partial charge < -0.3 is 15.0 Å². The molecule has 0 saturated carbocycles. The van der Waals surface area contributed by atoms with E-state index >= 15 is 0 Å². The van der Waals surface area contributed by atoms with Gasteiger partial charge in [-0.1, -0.05) is 0 Å². The molecule has 0 bridgehead atoms. The third-order valence-corrected chi connectivity index (χ3v) is 5.00. The number of pyridine rings is 2. The van der Waals surface area contributed by atoms with Crippen molar-refractivity contribution in [2.24, 2.45) is 0 Å². The Morgan fingerprint density at radius 2 is 1.90 bits per heavy atom. The lowest BCUT2D eigenvalue weighted by atomic mass is 10.2. The van der Waals surface area contributed by atoms with Crippen LogP contribution in [0.4, 0.5) is 11.5 Å². The van der Waals surface area contributed by atoms with E-state index in [4.69, 9.17) is 4.74 Å². The van der Waals surface area contributed by atoms with Crippen LogP contribution in [-0.4, -0.2) is 51.0 Å². The van der Waals surface area contributed by atoms with Gasteiger partial charge in [-0.05, 0) is 58.0 Å². The van der Waals surface area contributed by atoms with Gasteiger partial charge in [0.1, 0.15) is 5.82 Å². The summed E-state index contributed by atoms with van der Waals surface area (Å²) in [6.45, 7) is 9.55. The van der Waals surface area contributed by atoms with Crippen molar-refractivity contribution in [3.05, 3.63) is 59.7 Å². The van der Waals surface area contributed by atoms with E-state index in [1.54, 1.807) is 29.2 Å². The summed E-state index contributed by atoms with van der Waals surface area (Å²) in [6, 6.07) is 9.24. The van der Waals surface area contributed by atoms with E-state index in [1.807, 2.05) is 32.0 Å². The topological polar surface area (TPSA) is 85.2 Å². The Morgan fingerprint density at radius 1 is 1.13 bits per heavy atom. The maximum Gasteiger partial charge on any atom is 0.257 e. The second-order valence-corrected chi connectivity index (χ2v) is 7.73. The fourth-order valence-corrected chi connectivity index (χ4v) is 3.77. The second kappa shape index (κ2) is 8.23. The van der Waals surface area contributed by atoms with Crippen LogP contribution in [0.2, 0.25) is 0 Å². The quantitative estimate of drug-likeness (QED) is 0.716. The predicted octanol–water partition coefficient (Wildman–Crippen LogP) is 3.15. The number of hydrogen-bond donors (Lipinski definition) is 1. The number of amides is 1. The van der Waals surface area contributed by atoms with Gasteiger partial charge in [0.15, 0.2) is 5.82 Å². The van der Waals surface area contributed by atoms with Crippen LogP contribution < -0.4 is 10.2 Å². The van der Waals surface area contributed by atoms with E-state index in [0.29, 0.717) is 17.1 Å². The molecule has 4 rings (SSSR count). The lowest BCUT2D eigenvalue weighted by Gasteiger charge is -2.36. The van der Waals surface area contributed by atoms with Crippen molar-refractivity contribution in [1.82, 2.24) is 19.7 Å². The van der Waals surface area contributed by atoms with Crippen LogP contribution in [0.5, 0.6) is 0 Å². The summed E-state index contributed by atoms with van der Waals surface area (Å²) < 4.78 is 7.51. The van der Waals surface area contributed by atoms with Crippen LogP contribution in [0.15, 0.2) is 42.7 Å². The number of ether oxygens (including phenoxy) is 1. The van der Waals surface area contributed by atoms with Crippen molar-refractivity contribution in [1.29, 1.82) is 0 Å². The molecule has 0 spiro atoms. The molecule has 1 aliphatic rings. The van der Waals surface area contributed by atoms with Gasteiger partial charge in [0.25, 0.3) is 5.91 Å². The van der Waals surface area contributed by atoms with Crippen molar-refractivity contribution in [3.8, 4) is 5.82 Å². The Hall–Kier alpha value is -3.26. The fraction of sp³-hybridized carbons (Fsp3) is 0.364.